The van der Waals surface area contributed by atoms with Crippen LogP contribution in [0, 0.1) is 0 Å². The first-order valence-electron chi connectivity index (χ1n) is 17.5. The Morgan fingerprint density at radius 2 is 1.02 bits per heavy atom. The van der Waals surface area contributed by atoms with Crippen molar-refractivity contribution in [1.29, 1.82) is 0 Å². The van der Waals surface area contributed by atoms with Crippen molar-refractivity contribution in [1.82, 2.24) is 9.97 Å². The van der Waals surface area contributed by atoms with Crippen LogP contribution in [0.5, 0.6) is 0 Å². The van der Waals surface area contributed by atoms with Crippen molar-refractivity contribution >= 4 is 65.6 Å². The third kappa shape index (κ3) is 4.41. The monoisotopic (exact) mass is 664 g/mol. The molecule has 0 radical (unpaired) electrons. The molecule has 4 nitrogen and oxygen atoms in total. The number of para-hydroxylation sites is 1. The fourth-order valence-corrected chi connectivity index (χ4v) is 7.82. The molecule has 11 aromatic rings. The summed E-state index contributed by atoms with van der Waals surface area (Å²) in [4.78, 5) is 10.4. The summed E-state index contributed by atoms with van der Waals surface area (Å²) in [7, 11) is 0. The van der Waals surface area contributed by atoms with E-state index in [0.29, 0.717) is 11.5 Å². The molecule has 0 aliphatic heterocycles. The van der Waals surface area contributed by atoms with Crippen molar-refractivity contribution < 1.29 is 8.83 Å². The number of benzene rings is 8. The number of hydrogen-bond acceptors (Lipinski definition) is 4. The number of nitrogens with zero attached hydrogens (tertiary/aromatic N) is 2. The van der Waals surface area contributed by atoms with Crippen molar-refractivity contribution in [3.63, 3.8) is 0 Å². The van der Waals surface area contributed by atoms with Crippen molar-refractivity contribution in [2.75, 3.05) is 0 Å². The Morgan fingerprint density at radius 3 is 1.87 bits per heavy atom. The molecular weight excluding hydrogens is 637 g/mol. The highest BCUT2D eigenvalue weighted by atomic mass is 16.3. The van der Waals surface area contributed by atoms with Gasteiger partial charge in [-0.15, -0.1) is 0 Å². The average Bonchev–Trinajstić information content (AvgIpc) is 3.78. The summed E-state index contributed by atoms with van der Waals surface area (Å²) in [6, 6.07) is 59.2. The lowest BCUT2D eigenvalue weighted by atomic mass is 9.92. The molecule has 11 rings (SSSR count). The molecule has 242 valence electrons. The summed E-state index contributed by atoms with van der Waals surface area (Å²) in [6.07, 6.45) is 0. The lowest BCUT2D eigenvalue weighted by Gasteiger charge is -2.12. The minimum Gasteiger partial charge on any atom is -0.455 e. The van der Waals surface area contributed by atoms with E-state index in [1.807, 2.05) is 24.3 Å². The molecule has 0 spiro atoms. The predicted molar refractivity (Wildman–Crippen MR) is 213 cm³/mol. The fourth-order valence-electron chi connectivity index (χ4n) is 7.82. The predicted octanol–water partition coefficient (Wildman–Crippen LogP) is 13.2. The molecule has 0 saturated heterocycles. The first kappa shape index (κ1) is 28.8. The van der Waals surface area contributed by atoms with E-state index in [0.717, 1.165) is 88.1 Å². The van der Waals surface area contributed by atoms with E-state index < -0.39 is 0 Å². The van der Waals surface area contributed by atoms with Gasteiger partial charge < -0.3 is 8.83 Å². The first-order valence-corrected chi connectivity index (χ1v) is 17.5. The molecule has 0 fully saturated rings. The summed E-state index contributed by atoms with van der Waals surface area (Å²) in [6.45, 7) is 0. The van der Waals surface area contributed by atoms with E-state index in [4.69, 9.17) is 18.8 Å². The van der Waals surface area contributed by atoms with Gasteiger partial charge in [-0.25, -0.2) is 4.98 Å². The molecule has 0 amide bonds. The van der Waals surface area contributed by atoms with E-state index >= 15 is 0 Å². The van der Waals surface area contributed by atoms with Gasteiger partial charge in [0.1, 0.15) is 16.7 Å². The van der Waals surface area contributed by atoms with Crippen LogP contribution in [0.15, 0.2) is 179 Å². The molecule has 8 aromatic carbocycles. The molecule has 0 atom stereocenters. The molecule has 0 aliphatic rings. The second kappa shape index (κ2) is 11.2. The van der Waals surface area contributed by atoms with Gasteiger partial charge >= 0.3 is 0 Å². The van der Waals surface area contributed by atoms with Crippen molar-refractivity contribution in [2.45, 2.75) is 0 Å². The van der Waals surface area contributed by atoms with Crippen molar-refractivity contribution in [3.8, 4) is 44.9 Å². The normalized spacial score (nSPS) is 11.8. The van der Waals surface area contributed by atoms with Crippen LogP contribution < -0.4 is 0 Å². The van der Waals surface area contributed by atoms with Crippen molar-refractivity contribution in [3.05, 3.63) is 170 Å². The maximum atomic E-state index is 6.94. The zero-order valence-corrected chi connectivity index (χ0v) is 27.9. The van der Waals surface area contributed by atoms with Gasteiger partial charge in [0, 0.05) is 32.8 Å². The van der Waals surface area contributed by atoms with E-state index in [1.165, 1.54) is 10.8 Å². The van der Waals surface area contributed by atoms with Crippen LogP contribution in [0.25, 0.3) is 110 Å². The Morgan fingerprint density at radius 1 is 0.365 bits per heavy atom. The Kier molecular flexibility index (Phi) is 6.22. The lowest BCUT2D eigenvalue weighted by Crippen LogP contribution is -1.95. The SMILES string of the molecule is c1ccc(-c2ccc(-c3nc(-c4ccc(-c5cccc6ccccc56)c5oc6cc7ccccc7cc6c45)c4c(n3)oc3ccccc34)cc2)cc1. The summed E-state index contributed by atoms with van der Waals surface area (Å²) in [5, 5.41) is 8.56. The number of aromatic nitrogens is 2. The van der Waals surface area contributed by atoms with Gasteiger partial charge in [-0.3, -0.25) is 0 Å². The van der Waals surface area contributed by atoms with Gasteiger partial charge in [-0.05, 0) is 62.5 Å². The number of fused-ring (bicyclic) bond motifs is 8. The minimum absolute atomic E-state index is 0.554. The Hall–Kier alpha value is -7.04. The second-order valence-electron chi connectivity index (χ2n) is 13.3. The molecule has 0 aliphatic carbocycles. The molecule has 0 unspecified atom stereocenters. The zero-order valence-electron chi connectivity index (χ0n) is 27.9. The maximum absolute atomic E-state index is 6.94. The van der Waals surface area contributed by atoms with E-state index in [9.17, 15) is 0 Å². The topological polar surface area (TPSA) is 52.1 Å². The fraction of sp³-hybridized carbons (Fsp3) is 0. The third-order valence-corrected chi connectivity index (χ3v) is 10.3. The van der Waals surface area contributed by atoms with Gasteiger partial charge in [-0.2, -0.15) is 4.98 Å². The maximum Gasteiger partial charge on any atom is 0.231 e. The first-order chi connectivity index (χ1) is 25.8. The highest BCUT2D eigenvalue weighted by Gasteiger charge is 2.24. The van der Waals surface area contributed by atoms with E-state index in [-0.39, 0.29) is 0 Å². The van der Waals surface area contributed by atoms with Crippen LogP contribution in [0.3, 0.4) is 0 Å². The summed E-state index contributed by atoms with van der Waals surface area (Å²) in [5.74, 6) is 0.602. The highest BCUT2D eigenvalue weighted by molar-refractivity contribution is 6.22. The molecule has 0 saturated carbocycles. The van der Waals surface area contributed by atoms with Gasteiger partial charge in [-0.1, -0.05) is 146 Å². The van der Waals surface area contributed by atoms with E-state index in [2.05, 4.69) is 146 Å². The van der Waals surface area contributed by atoms with Crippen molar-refractivity contribution in [2.24, 2.45) is 0 Å². The molecule has 3 heterocycles. The Balaban J connectivity index is 1.23. The number of hydrogen-bond donors (Lipinski definition) is 0. The van der Waals surface area contributed by atoms with Crippen LogP contribution in [0.4, 0.5) is 0 Å². The second-order valence-corrected chi connectivity index (χ2v) is 13.3. The Bertz CT molecular complexity index is 3170. The van der Waals surface area contributed by atoms with Gasteiger partial charge in [0.25, 0.3) is 0 Å². The third-order valence-electron chi connectivity index (χ3n) is 10.3. The number of furan rings is 2. The molecule has 3 aromatic heterocycles. The van der Waals surface area contributed by atoms with Crippen LogP contribution >= 0.6 is 0 Å². The Labute approximate surface area is 298 Å². The molecule has 52 heavy (non-hydrogen) atoms. The smallest absolute Gasteiger partial charge is 0.231 e. The molecule has 0 N–H and O–H groups in total. The minimum atomic E-state index is 0.554. The number of rotatable bonds is 4. The summed E-state index contributed by atoms with van der Waals surface area (Å²) >= 11 is 0. The molecule has 0 bridgehead atoms. The zero-order chi connectivity index (χ0) is 34.2. The lowest BCUT2D eigenvalue weighted by molar-refractivity contribution is 0.653. The van der Waals surface area contributed by atoms with Gasteiger partial charge in [0.15, 0.2) is 5.82 Å². The molecule has 4 heteroatoms. The average molecular weight is 665 g/mol. The summed E-state index contributed by atoms with van der Waals surface area (Å²) in [5.41, 5.74) is 10.1. The highest BCUT2D eigenvalue weighted by Crippen LogP contribution is 2.46. The van der Waals surface area contributed by atoms with Crippen LogP contribution in [0.2, 0.25) is 0 Å². The molecular formula is C48H28N2O2. The van der Waals surface area contributed by atoms with Crippen LogP contribution in [0.1, 0.15) is 0 Å². The van der Waals surface area contributed by atoms with Gasteiger partial charge in [0.05, 0.1) is 11.1 Å². The summed E-state index contributed by atoms with van der Waals surface area (Å²) < 4.78 is 13.4. The largest absolute Gasteiger partial charge is 0.455 e. The quantitative estimate of drug-likeness (QED) is 0.188. The standard InChI is InChI=1S/C48H28N2O2/c1-2-11-29(12-3-1)30-21-23-32(24-22-30)47-49-45(44-38-18-8-9-20-41(38)52-48(44)50-47)39-26-25-37(36-19-10-16-31-13-6-7-17-35(31)36)46-43(39)40-27-33-14-4-5-15-34(33)28-42(40)51-46/h1-28H. The van der Waals surface area contributed by atoms with E-state index in [1.54, 1.807) is 0 Å². The van der Waals surface area contributed by atoms with Crippen LogP contribution in [-0.2, 0) is 0 Å². The van der Waals surface area contributed by atoms with Crippen LogP contribution in [-0.4, -0.2) is 9.97 Å². The van der Waals surface area contributed by atoms with Gasteiger partial charge in [0.2, 0.25) is 5.71 Å².